The molecule has 5 nitrogen and oxygen atoms in total. The molecule has 1 aliphatic rings. The monoisotopic (exact) mass is 382 g/mol. The van der Waals surface area contributed by atoms with Crippen LogP contribution < -0.4 is 0 Å². The third kappa shape index (κ3) is 4.92. The zero-order valence-corrected chi connectivity index (χ0v) is 15.8. The predicted octanol–water partition coefficient (Wildman–Crippen LogP) is 2.94. The van der Waals surface area contributed by atoms with Gasteiger partial charge in [-0.1, -0.05) is 46.8 Å². The molecule has 3 rings (SSSR count). The molecule has 1 aromatic carbocycles. The van der Waals surface area contributed by atoms with E-state index in [1.807, 2.05) is 24.0 Å². The van der Waals surface area contributed by atoms with E-state index in [1.165, 1.54) is 28.7 Å². The van der Waals surface area contributed by atoms with Crippen molar-refractivity contribution in [2.24, 2.45) is 0 Å². The Balaban J connectivity index is 1.42. The SMILES string of the molecule is Cc1nnc(SCC(=O)N2CCN(Cc3ccc(Cl)cc3)CC2)s1. The number of amides is 1. The number of aromatic nitrogens is 2. The average molecular weight is 383 g/mol. The Labute approximate surface area is 155 Å². The summed E-state index contributed by atoms with van der Waals surface area (Å²) in [6.07, 6.45) is 0. The number of rotatable bonds is 5. The van der Waals surface area contributed by atoms with Gasteiger partial charge in [-0.15, -0.1) is 10.2 Å². The van der Waals surface area contributed by atoms with Crippen LogP contribution in [0.5, 0.6) is 0 Å². The molecular formula is C16H19ClN4OS2. The minimum atomic E-state index is 0.180. The van der Waals surface area contributed by atoms with Gasteiger partial charge in [0.2, 0.25) is 5.91 Å². The molecule has 1 fully saturated rings. The second kappa shape index (κ2) is 8.29. The van der Waals surface area contributed by atoms with Crippen LogP contribution in [-0.4, -0.2) is 57.8 Å². The van der Waals surface area contributed by atoms with E-state index in [9.17, 15) is 4.79 Å². The molecule has 0 unspecified atom stereocenters. The lowest BCUT2D eigenvalue weighted by Gasteiger charge is -2.34. The molecule has 0 spiro atoms. The van der Waals surface area contributed by atoms with Crippen molar-refractivity contribution in [1.82, 2.24) is 20.0 Å². The molecule has 0 N–H and O–H groups in total. The molecule has 0 bridgehead atoms. The Bertz CT molecular complexity index is 684. The van der Waals surface area contributed by atoms with Crippen molar-refractivity contribution in [2.75, 3.05) is 31.9 Å². The average Bonchev–Trinajstić information content (AvgIpc) is 3.01. The Morgan fingerprint density at radius 1 is 1.21 bits per heavy atom. The number of hydrogen-bond acceptors (Lipinski definition) is 6. The van der Waals surface area contributed by atoms with Gasteiger partial charge in [-0.3, -0.25) is 9.69 Å². The van der Waals surface area contributed by atoms with Crippen molar-refractivity contribution in [1.29, 1.82) is 0 Å². The number of carbonyl (C=O) groups excluding carboxylic acids is 1. The zero-order chi connectivity index (χ0) is 16.9. The summed E-state index contributed by atoms with van der Waals surface area (Å²) in [6.45, 7) is 6.18. The summed E-state index contributed by atoms with van der Waals surface area (Å²) in [5.41, 5.74) is 1.25. The minimum Gasteiger partial charge on any atom is -0.339 e. The van der Waals surface area contributed by atoms with Crippen molar-refractivity contribution in [3.63, 3.8) is 0 Å². The summed E-state index contributed by atoms with van der Waals surface area (Å²) in [4.78, 5) is 16.6. The summed E-state index contributed by atoms with van der Waals surface area (Å²) in [5, 5.41) is 9.70. The maximum absolute atomic E-state index is 12.3. The normalized spacial score (nSPS) is 15.7. The maximum atomic E-state index is 12.3. The molecule has 24 heavy (non-hydrogen) atoms. The van der Waals surface area contributed by atoms with Gasteiger partial charge in [-0.05, 0) is 24.6 Å². The lowest BCUT2D eigenvalue weighted by atomic mass is 10.2. The third-order valence-corrected chi connectivity index (χ3v) is 6.08. The van der Waals surface area contributed by atoms with E-state index in [2.05, 4.69) is 27.2 Å². The largest absolute Gasteiger partial charge is 0.339 e. The van der Waals surface area contributed by atoms with E-state index < -0.39 is 0 Å². The Hall–Kier alpha value is -1.15. The van der Waals surface area contributed by atoms with Gasteiger partial charge in [-0.25, -0.2) is 0 Å². The highest BCUT2D eigenvalue weighted by molar-refractivity contribution is 8.01. The van der Waals surface area contributed by atoms with E-state index >= 15 is 0 Å². The second-order valence-corrected chi connectivity index (χ2v) is 8.50. The van der Waals surface area contributed by atoms with Crippen LogP contribution in [0.15, 0.2) is 28.6 Å². The number of piperazine rings is 1. The van der Waals surface area contributed by atoms with E-state index in [0.29, 0.717) is 5.75 Å². The molecule has 1 aromatic heterocycles. The van der Waals surface area contributed by atoms with Gasteiger partial charge in [0.25, 0.3) is 0 Å². The highest BCUT2D eigenvalue weighted by Crippen LogP contribution is 2.22. The highest BCUT2D eigenvalue weighted by Gasteiger charge is 2.21. The van der Waals surface area contributed by atoms with Gasteiger partial charge < -0.3 is 4.90 Å². The number of aryl methyl sites for hydroxylation is 1. The lowest BCUT2D eigenvalue weighted by Crippen LogP contribution is -2.48. The van der Waals surface area contributed by atoms with Crippen LogP contribution in [0.2, 0.25) is 5.02 Å². The summed E-state index contributed by atoms with van der Waals surface area (Å²) >= 11 is 8.92. The van der Waals surface area contributed by atoms with Gasteiger partial charge in [0, 0.05) is 37.7 Å². The molecule has 2 heterocycles. The van der Waals surface area contributed by atoms with Crippen LogP contribution >= 0.6 is 34.7 Å². The van der Waals surface area contributed by atoms with Gasteiger partial charge >= 0.3 is 0 Å². The molecule has 1 saturated heterocycles. The highest BCUT2D eigenvalue weighted by atomic mass is 35.5. The molecule has 1 aliphatic heterocycles. The number of thioether (sulfide) groups is 1. The molecular weight excluding hydrogens is 364 g/mol. The minimum absolute atomic E-state index is 0.180. The van der Waals surface area contributed by atoms with Gasteiger partial charge in [0.05, 0.1) is 5.75 Å². The van der Waals surface area contributed by atoms with Gasteiger partial charge in [0.15, 0.2) is 4.34 Å². The molecule has 2 aromatic rings. The van der Waals surface area contributed by atoms with Crippen molar-refractivity contribution in [3.8, 4) is 0 Å². The van der Waals surface area contributed by atoms with Crippen molar-refractivity contribution < 1.29 is 4.79 Å². The fraction of sp³-hybridized carbons (Fsp3) is 0.438. The van der Waals surface area contributed by atoms with Crippen LogP contribution in [-0.2, 0) is 11.3 Å². The Morgan fingerprint density at radius 2 is 1.92 bits per heavy atom. The maximum Gasteiger partial charge on any atom is 0.233 e. The topological polar surface area (TPSA) is 49.3 Å². The molecule has 0 atom stereocenters. The van der Waals surface area contributed by atoms with E-state index in [1.54, 1.807) is 0 Å². The standard InChI is InChI=1S/C16H19ClN4OS2/c1-12-18-19-16(24-12)23-11-15(22)21-8-6-20(7-9-21)10-13-2-4-14(17)5-3-13/h2-5H,6-11H2,1H3. The Kier molecular flexibility index (Phi) is 6.10. The van der Waals surface area contributed by atoms with Gasteiger partial charge in [0.1, 0.15) is 5.01 Å². The van der Waals surface area contributed by atoms with Crippen molar-refractivity contribution in [2.45, 2.75) is 17.8 Å². The third-order valence-electron chi connectivity index (χ3n) is 3.87. The van der Waals surface area contributed by atoms with Crippen LogP contribution in [0.25, 0.3) is 0 Å². The quantitative estimate of drug-likeness (QED) is 0.744. The number of nitrogens with zero attached hydrogens (tertiary/aromatic N) is 4. The van der Waals surface area contributed by atoms with Gasteiger partial charge in [-0.2, -0.15) is 0 Å². The van der Waals surface area contributed by atoms with E-state index in [-0.39, 0.29) is 5.91 Å². The van der Waals surface area contributed by atoms with E-state index in [0.717, 1.165) is 47.1 Å². The number of benzene rings is 1. The molecule has 0 saturated carbocycles. The van der Waals surface area contributed by atoms with Crippen molar-refractivity contribution in [3.05, 3.63) is 39.9 Å². The van der Waals surface area contributed by atoms with Crippen LogP contribution in [0, 0.1) is 6.92 Å². The first-order valence-corrected chi connectivity index (χ1v) is 9.95. The Morgan fingerprint density at radius 3 is 2.54 bits per heavy atom. The zero-order valence-electron chi connectivity index (χ0n) is 13.4. The molecule has 8 heteroatoms. The van der Waals surface area contributed by atoms with Crippen LogP contribution in [0.4, 0.5) is 0 Å². The first-order chi connectivity index (χ1) is 11.6. The van der Waals surface area contributed by atoms with E-state index in [4.69, 9.17) is 11.6 Å². The number of halogens is 1. The molecule has 0 aliphatic carbocycles. The number of carbonyl (C=O) groups is 1. The molecule has 128 valence electrons. The summed E-state index contributed by atoms with van der Waals surface area (Å²) in [5.74, 6) is 0.616. The van der Waals surface area contributed by atoms with Crippen LogP contribution in [0.3, 0.4) is 0 Å². The second-order valence-electron chi connectivity index (χ2n) is 5.66. The summed E-state index contributed by atoms with van der Waals surface area (Å²) in [7, 11) is 0. The first kappa shape index (κ1) is 17.7. The lowest BCUT2D eigenvalue weighted by molar-refractivity contribution is -0.130. The first-order valence-electron chi connectivity index (χ1n) is 7.77. The fourth-order valence-electron chi connectivity index (χ4n) is 2.55. The predicted molar refractivity (Wildman–Crippen MR) is 98.7 cm³/mol. The molecule has 0 radical (unpaired) electrons. The molecule has 1 amide bonds. The van der Waals surface area contributed by atoms with Crippen molar-refractivity contribution >= 4 is 40.6 Å². The summed E-state index contributed by atoms with van der Waals surface area (Å²) < 4.78 is 0.863. The smallest absolute Gasteiger partial charge is 0.233 e. The fourth-order valence-corrected chi connectivity index (χ4v) is 4.40. The number of hydrogen-bond donors (Lipinski definition) is 0. The summed E-state index contributed by atoms with van der Waals surface area (Å²) in [6, 6.07) is 7.95. The van der Waals surface area contributed by atoms with Crippen LogP contribution in [0.1, 0.15) is 10.6 Å².